The van der Waals surface area contributed by atoms with Crippen molar-refractivity contribution in [1.82, 2.24) is 14.7 Å². The van der Waals surface area contributed by atoms with Gasteiger partial charge in [0.25, 0.3) is 0 Å². The molecule has 3 aromatic rings. The smallest absolute Gasteiger partial charge is 0.160 e. The van der Waals surface area contributed by atoms with Crippen molar-refractivity contribution < 1.29 is 4.79 Å². The first kappa shape index (κ1) is 46.0. The van der Waals surface area contributed by atoms with Crippen LogP contribution >= 0.6 is 0 Å². The molecule has 2 N–H and O–H groups in total. The molecule has 0 bridgehead atoms. The van der Waals surface area contributed by atoms with E-state index in [1.807, 2.05) is 45.3 Å². The Kier molecular flexibility index (Phi) is 32.0. The highest BCUT2D eigenvalue weighted by molar-refractivity contribution is 5.82. The maximum absolute atomic E-state index is 11.9. The standard InChI is InChI=1S/C18H29N3O.C8H10.C7H9N.2C2H4.2C2H2/c1-19-10-6-12-21(14-17-8-4-3-5-9-17)13-7-11-20(2)16-18(22)15-19;1-7-3-5-8(2)6-4-7;1-6-2-4-7(8)5-3-6;4*1-2/h3-5,8-9H,6-7,10-16H2,1-2H3;3-6H,1-2H3;2-5H,8H2,1H3;2*1-2H2;2*1-2H. The van der Waals surface area contributed by atoms with Gasteiger partial charge in [0.15, 0.2) is 5.78 Å². The minimum atomic E-state index is 0.326. The molecule has 1 heterocycles. The summed E-state index contributed by atoms with van der Waals surface area (Å²) in [6.07, 6.45) is 18.2. The number of likely N-dealkylation sites (N-methyl/N-ethyl adjacent to an activating group) is 2. The molecule has 0 saturated carbocycles. The third kappa shape index (κ3) is 26.1. The molecule has 3 aromatic carbocycles. The fraction of sp³-hybridized carbons (Fsp3) is 0.341. The molecule has 5 heteroatoms. The lowest BCUT2D eigenvalue weighted by Crippen LogP contribution is -2.38. The largest absolute Gasteiger partial charge is 0.399 e. The molecule has 5 nitrogen and oxygen atoms in total. The van der Waals surface area contributed by atoms with Gasteiger partial charge in [-0.1, -0.05) is 83.4 Å². The molecule has 1 aliphatic heterocycles. The number of terminal acetylenes is 2. The van der Waals surface area contributed by atoms with Crippen molar-refractivity contribution in [1.29, 1.82) is 0 Å². The van der Waals surface area contributed by atoms with Gasteiger partial charge in [-0.05, 0) is 91.6 Å². The Morgan fingerprint density at radius 2 is 0.957 bits per heavy atom. The number of hydrogen-bond donors (Lipinski definition) is 1. The average Bonchev–Trinajstić information content (AvgIpc) is 3.08. The van der Waals surface area contributed by atoms with E-state index in [4.69, 9.17) is 5.73 Å². The van der Waals surface area contributed by atoms with E-state index in [1.165, 1.54) is 22.3 Å². The SMILES string of the molecule is C#C.C#C.C=C.C=C.CN1CCCN(Cc2ccccc2)CCCN(C)CC(=O)C1.Cc1ccc(C)cc1.Cc1ccc(N)cc1. The number of anilines is 1. The highest BCUT2D eigenvalue weighted by Gasteiger charge is 2.13. The summed E-state index contributed by atoms with van der Waals surface area (Å²) in [7, 11) is 4.09. The third-order valence-corrected chi connectivity index (χ3v) is 6.47. The first-order chi connectivity index (χ1) is 22.2. The van der Waals surface area contributed by atoms with E-state index < -0.39 is 0 Å². The number of ketones is 1. The fourth-order valence-electron chi connectivity index (χ4n) is 4.25. The minimum absolute atomic E-state index is 0.326. The number of rotatable bonds is 2. The quantitative estimate of drug-likeness (QED) is 0.180. The van der Waals surface area contributed by atoms with Gasteiger partial charge in [-0.25, -0.2) is 0 Å². The summed E-state index contributed by atoms with van der Waals surface area (Å²) in [6.45, 7) is 24.6. The fourth-order valence-corrected chi connectivity index (χ4v) is 4.25. The first-order valence-corrected chi connectivity index (χ1v) is 15.4. The van der Waals surface area contributed by atoms with E-state index in [-0.39, 0.29) is 0 Å². The van der Waals surface area contributed by atoms with E-state index in [1.54, 1.807) is 0 Å². The van der Waals surface area contributed by atoms with Crippen LogP contribution in [0.25, 0.3) is 0 Å². The molecule has 1 aliphatic rings. The molecule has 0 aliphatic carbocycles. The Morgan fingerprint density at radius 1 is 0.609 bits per heavy atom. The predicted molar refractivity (Wildman–Crippen MR) is 205 cm³/mol. The second-order valence-corrected chi connectivity index (χ2v) is 10.5. The highest BCUT2D eigenvalue weighted by Crippen LogP contribution is 2.07. The summed E-state index contributed by atoms with van der Waals surface area (Å²) in [6, 6.07) is 27.0. The molecule has 0 amide bonds. The summed E-state index contributed by atoms with van der Waals surface area (Å²) in [5.74, 6) is 0.326. The van der Waals surface area contributed by atoms with E-state index in [2.05, 4.69) is 135 Å². The van der Waals surface area contributed by atoms with Gasteiger partial charge in [0.1, 0.15) is 0 Å². The predicted octanol–water partition coefficient (Wildman–Crippen LogP) is 7.70. The van der Waals surface area contributed by atoms with Crippen molar-refractivity contribution in [3.8, 4) is 25.7 Å². The number of aryl methyl sites for hydroxylation is 3. The van der Waals surface area contributed by atoms with Gasteiger partial charge in [-0.15, -0.1) is 52.0 Å². The Hall–Kier alpha value is -4.39. The van der Waals surface area contributed by atoms with Gasteiger partial charge in [0, 0.05) is 12.2 Å². The van der Waals surface area contributed by atoms with Crippen LogP contribution < -0.4 is 5.73 Å². The summed E-state index contributed by atoms with van der Waals surface area (Å²) in [5, 5.41) is 0. The lowest BCUT2D eigenvalue weighted by molar-refractivity contribution is -0.120. The topological polar surface area (TPSA) is 52.8 Å². The van der Waals surface area contributed by atoms with Crippen LogP contribution in [0.2, 0.25) is 0 Å². The maximum Gasteiger partial charge on any atom is 0.160 e. The van der Waals surface area contributed by atoms with Crippen LogP contribution in [0.3, 0.4) is 0 Å². The van der Waals surface area contributed by atoms with Crippen molar-refractivity contribution in [3.63, 3.8) is 0 Å². The summed E-state index contributed by atoms with van der Waals surface area (Å²) in [5.41, 5.74) is 11.5. The maximum atomic E-state index is 11.9. The highest BCUT2D eigenvalue weighted by atomic mass is 16.1. The second kappa shape index (κ2) is 32.0. The van der Waals surface area contributed by atoms with Gasteiger partial charge in [-0.3, -0.25) is 19.5 Å². The molecule has 1 saturated heterocycles. The minimum Gasteiger partial charge on any atom is -0.399 e. The monoisotopic (exact) mass is 624 g/mol. The summed E-state index contributed by atoms with van der Waals surface area (Å²) in [4.78, 5) is 18.8. The van der Waals surface area contributed by atoms with Crippen molar-refractivity contribution >= 4 is 11.5 Å². The second-order valence-electron chi connectivity index (χ2n) is 10.5. The zero-order valence-electron chi connectivity index (χ0n) is 29.3. The normalized spacial score (nSPS) is 13.6. The molecule has 0 aromatic heterocycles. The van der Waals surface area contributed by atoms with E-state index >= 15 is 0 Å². The van der Waals surface area contributed by atoms with Gasteiger partial charge in [0.2, 0.25) is 0 Å². The lowest BCUT2D eigenvalue weighted by Gasteiger charge is -2.27. The Bertz CT molecular complexity index is 1040. The molecule has 46 heavy (non-hydrogen) atoms. The lowest BCUT2D eigenvalue weighted by atomic mass is 10.2. The van der Waals surface area contributed by atoms with Crippen LogP contribution in [0.15, 0.2) is 105 Å². The molecule has 4 rings (SSSR count). The van der Waals surface area contributed by atoms with Crippen molar-refractivity contribution in [2.24, 2.45) is 0 Å². The Labute approximate surface area is 282 Å². The Balaban J connectivity index is -0.000000632. The van der Waals surface area contributed by atoms with Crippen LogP contribution in [0.4, 0.5) is 5.69 Å². The number of nitrogens with zero attached hydrogens (tertiary/aromatic N) is 3. The van der Waals surface area contributed by atoms with Gasteiger partial charge < -0.3 is 5.73 Å². The molecule has 1 fully saturated rings. The zero-order valence-corrected chi connectivity index (χ0v) is 29.3. The molecular formula is C41H60N4O. The van der Waals surface area contributed by atoms with Crippen LogP contribution in [-0.4, -0.2) is 73.8 Å². The molecule has 0 atom stereocenters. The van der Waals surface area contributed by atoms with Crippen molar-refractivity contribution in [2.75, 3.05) is 59.1 Å². The summed E-state index contributed by atoms with van der Waals surface area (Å²) >= 11 is 0. The number of benzene rings is 3. The number of hydrogen-bond acceptors (Lipinski definition) is 5. The van der Waals surface area contributed by atoms with Crippen LogP contribution in [0.5, 0.6) is 0 Å². The molecule has 0 spiro atoms. The number of carbonyl (C=O) groups is 1. The average molecular weight is 625 g/mol. The number of nitrogen functional groups attached to an aromatic ring is 1. The van der Waals surface area contributed by atoms with E-state index in [0.717, 1.165) is 51.3 Å². The van der Waals surface area contributed by atoms with Gasteiger partial charge in [-0.2, -0.15) is 0 Å². The zero-order chi connectivity index (χ0) is 35.8. The number of nitrogens with two attached hydrogens (primary N) is 1. The first-order valence-electron chi connectivity index (χ1n) is 15.4. The van der Waals surface area contributed by atoms with Crippen molar-refractivity contribution in [3.05, 3.63) is 127 Å². The van der Waals surface area contributed by atoms with E-state index in [0.29, 0.717) is 18.9 Å². The van der Waals surface area contributed by atoms with Crippen molar-refractivity contribution in [2.45, 2.75) is 40.2 Å². The van der Waals surface area contributed by atoms with Gasteiger partial charge in [0.05, 0.1) is 13.1 Å². The Morgan fingerprint density at radius 3 is 1.30 bits per heavy atom. The van der Waals surface area contributed by atoms with Gasteiger partial charge >= 0.3 is 0 Å². The summed E-state index contributed by atoms with van der Waals surface area (Å²) < 4.78 is 0. The molecule has 0 unspecified atom stereocenters. The number of carbonyl (C=O) groups excluding carboxylic acids is 1. The third-order valence-electron chi connectivity index (χ3n) is 6.47. The number of Topliss-reactive ketones (excluding diaryl/α,β-unsaturated/α-hetero) is 1. The van der Waals surface area contributed by atoms with Crippen LogP contribution in [0.1, 0.15) is 35.1 Å². The molecule has 0 radical (unpaired) electrons. The molecular weight excluding hydrogens is 564 g/mol. The van der Waals surface area contributed by atoms with Crippen LogP contribution in [0, 0.1) is 46.5 Å². The van der Waals surface area contributed by atoms with Crippen LogP contribution in [-0.2, 0) is 11.3 Å². The van der Waals surface area contributed by atoms with E-state index in [9.17, 15) is 4.79 Å². The molecule has 250 valence electrons.